The predicted octanol–water partition coefficient (Wildman–Crippen LogP) is 4.09. The Balaban J connectivity index is 0.000000412. The number of rotatable bonds is 2. The number of aromatic nitrogens is 3. The van der Waals surface area contributed by atoms with Crippen LogP contribution in [0.4, 0.5) is 30.9 Å². The van der Waals surface area contributed by atoms with Gasteiger partial charge in [0.05, 0.1) is 28.2 Å². The first-order chi connectivity index (χ1) is 11.5. The SMILES string of the molecule is CN(C)C(On1nnc2cccc(N=N)c21)=[N+](C)C.F[P-](F)(F)(F)(F)F. The van der Waals surface area contributed by atoms with Gasteiger partial charge < -0.3 is 0 Å². The van der Waals surface area contributed by atoms with Crippen LogP contribution in [0.2, 0.25) is 0 Å². The maximum atomic E-state index is 9.87. The molecule has 0 radical (unpaired) electrons. The van der Waals surface area contributed by atoms with Crippen LogP contribution in [0.25, 0.3) is 11.0 Å². The summed E-state index contributed by atoms with van der Waals surface area (Å²) in [5, 5.41) is 11.4. The first-order valence-corrected chi connectivity index (χ1v) is 8.70. The summed E-state index contributed by atoms with van der Waals surface area (Å²) in [7, 11) is -3.20. The van der Waals surface area contributed by atoms with Gasteiger partial charge in [-0.2, -0.15) is 5.11 Å². The zero-order chi connectivity index (χ0) is 20.4. The Hall–Kier alpha value is -2.50. The standard InChI is InChI=1S/C11H16N7O.F6P/c1-16(2)11(17(3)4)19-18-10-8(13-12)6-5-7-9(10)14-15-18;1-7(2,3,4,5)6/h5-7,12H,1-4H3;/q+1;-1. The first kappa shape index (κ1) is 21.5. The van der Waals surface area contributed by atoms with Crippen LogP contribution >= 0.6 is 7.81 Å². The second kappa shape index (κ2) is 6.34. The third kappa shape index (κ3) is 7.59. The molecule has 0 amide bonds. The van der Waals surface area contributed by atoms with Crippen molar-refractivity contribution in [2.75, 3.05) is 28.2 Å². The molecule has 2 rings (SSSR count). The summed E-state index contributed by atoms with van der Waals surface area (Å²) in [5.74, 6) is 0. The number of fused-ring (bicyclic) bond motifs is 1. The van der Waals surface area contributed by atoms with Gasteiger partial charge in [-0.15, -0.1) is 5.10 Å². The van der Waals surface area contributed by atoms with Crippen LogP contribution in [0.3, 0.4) is 0 Å². The maximum absolute atomic E-state index is 10.7. The molecule has 1 heterocycles. The van der Waals surface area contributed by atoms with E-state index < -0.39 is 7.81 Å². The molecule has 0 aliphatic carbocycles. The monoisotopic (exact) mass is 407 g/mol. The Kier molecular flexibility index (Phi) is 5.25. The van der Waals surface area contributed by atoms with Gasteiger partial charge in [0.25, 0.3) is 0 Å². The van der Waals surface area contributed by atoms with Crippen molar-refractivity contribution in [3.05, 3.63) is 18.2 Å². The number of hydrogen-bond donors (Lipinski definition) is 1. The molecule has 26 heavy (non-hydrogen) atoms. The third-order valence-electron chi connectivity index (χ3n) is 2.47. The van der Waals surface area contributed by atoms with E-state index in [2.05, 4.69) is 15.4 Å². The number of nitrogens with one attached hydrogen (secondary N) is 1. The normalized spacial score (nSPS) is 13.8. The van der Waals surface area contributed by atoms with Crippen LogP contribution in [0, 0.1) is 5.53 Å². The summed E-state index contributed by atoms with van der Waals surface area (Å²) < 4.78 is 61.0. The third-order valence-corrected chi connectivity index (χ3v) is 2.47. The number of halogens is 6. The summed E-state index contributed by atoms with van der Waals surface area (Å²) in [4.78, 5) is 8.79. The topological polar surface area (TPSA) is 82.4 Å². The number of hydrogen-bond acceptors (Lipinski definition) is 5. The van der Waals surface area contributed by atoms with Crippen LogP contribution < -0.4 is 4.84 Å². The van der Waals surface area contributed by atoms with Gasteiger partial charge >= 0.3 is 39.0 Å². The minimum absolute atomic E-state index is 0.458. The molecule has 1 aromatic carbocycles. The molecule has 0 aliphatic rings. The number of amidine groups is 1. The first-order valence-electron chi connectivity index (χ1n) is 6.68. The summed E-state index contributed by atoms with van der Waals surface area (Å²) >= 11 is 0. The number of benzene rings is 1. The van der Waals surface area contributed by atoms with E-state index in [1.54, 1.807) is 18.2 Å². The number of para-hydroxylation sites is 1. The van der Waals surface area contributed by atoms with Crippen molar-refractivity contribution in [1.82, 2.24) is 20.1 Å². The molecule has 2 aromatic rings. The average molecular weight is 407 g/mol. The molecule has 0 spiro atoms. The van der Waals surface area contributed by atoms with E-state index >= 15 is 0 Å². The van der Waals surface area contributed by atoms with Gasteiger partial charge in [-0.1, -0.05) is 10.9 Å². The molecular weight excluding hydrogens is 391 g/mol. The molecule has 15 heteroatoms. The van der Waals surface area contributed by atoms with E-state index in [1.165, 1.54) is 4.85 Å². The molecule has 148 valence electrons. The molecule has 0 saturated carbocycles. The Morgan fingerprint density at radius 2 is 1.73 bits per heavy atom. The molecule has 1 aromatic heterocycles. The summed E-state index contributed by atoms with van der Waals surface area (Å²) in [5.41, 5.74) is 8.84. The molecule has 0 atom stereocenters. The second-order valence-corrected chi connectivity index (χ2v) is 7.26. The molecule has 1 N–H and O–H groups in total. The van der Waals surface area contributed by atoms with E-state index in [4.69, 9.17) is 10.4 Å². The van der Waals surface area contributed by atoms with Crippen molar-refractivity contribution in [2.45, 2.75) is 0 Å². The van der Waals surface area contributed by atoms with Crippen molar-refractivity contribution < 1.29 is 34.6 Å². The Morgan fingerprint density at radius 3 is 2.15 bits per heavy atom. The molecule has 0 unspecified atom stereocenters. The van der Waals surface area contributed by atoms with Crippen molar-refractivity contribution in [3.8, 4) is 0 Å². The molecular formula is C11H16F6N7OP. The zero-order valence-corrected chi connectivity index (χ0v) is 14.9. The van der Waals surface area contributed by atoms with E-state index in [0.717, 1.165) is 0 Å². The van der Waals surface area contributed by atoms with E-state index in [1.807, 2.05) is 37.7 Å². The van der Waals surface area contributed by atoms with Crippen molar-refractivity contribution in [1.29, 1.82) is 5.53 Å². The predicted molar refractivity (Wildman–Crippen MR) is 83.3 cm³/mol. The van der Waals surface area contributed by atoms with Gasteiger partial charge in [0.1, 0.15) is 11.2 Å². The van der Waals surface area contributed by atoms with Gasteiger partial charge in [-0.05, 0) is 17.3 Å². The molecule has 0 aliphatic heterocycles. The van der Waals surface area contributed by atoms with Gasteiger partial charge in [-0.3, -0.25) is 4.84 Å². The Labute approximate surface area is 143 Å². The fraction of sp³-hybridized carbons (Fsp3) is 0.364. The average Bonchev–Trinajstić information content (AvgIpc) is 2.83. The quantitative estimate of drug-likeness (QED) is 0.203. The summed E-state index contributed by atoms with van der Waals surface area (Å²) in [6.45, 7) is 0. The van der Waals surface area contributed by atoms with Crippen LogP contribution in [0.5, 0.6) is 0 Å². The van der Waals surface area contributed by atoms with Crippen LogP contribution in [0.15, 0.2) is 23.3 Å². The molecule has 0 saturated heterocycles. The summed E-state index contributed by atoms with van der Waals surface area (Å²) in [6.07, 6.45) is 0. The molecule has 8 nitrogen and oxygen atoms in total. The van der Waals surface area contributed by atoms with Gasteiger partial charge in [0.2, 0.25) is 0 Å². The van der Waals surface area contributed by atoms with Crippen LogP contribution in [0.1, 0.15) is 0 Å². The van der Waals surface area contributed by atoms with Crippen molar-refractivity contribution in [3.63, 3.8) is 0 Å². The zero-order valence-electron chi connectivity index (χ0n) is 14.0. The Morgan fingerprint density at radius 1 is 1.19 bits per heavy atom. The van der Waals surface area contributed by atoms with Crippen molar-refractivity contribution in [2.24, 2.45) is 5.11 Å². The van der Waals surface area contributed by atoms with Gasteiger partial charge in [0, 0.05) is 0 Å². The van der Waals surface area contributed by atoms with Crippen LogP contribution in [-0.4, -0.2) is 58.8 Å². The van der Waals surface area contributed by atoms with E-state index in [9.17, 15) is 25.2 Å². The molecule has 0 bridgehead atoms. The second-order valence-electron chi connectivity index (χ2n) is 5.34. The van der Waals surface area contributed by atoms with Crippen LogP contribution in [-0.2, 0) is 0 Å². The minimum atomic E-state index is -10.7. The fourth-order valence-electron chi connectivity index (χ4n) is 1.72. The van der Waals surface area contributed by atoms with E-state index in [0.29, 0.717) is 22.7 Å². The Bertz CT molecular complexity index is 830. The van der Waals surface area contributed by atoms with Gasteiger partial charge in [0.15, 0.2) is 5.52 Å². The van der Waals surface area contributed by atoms with Crippen molar-refractivity contribution >= 4 is 30.6 Å². The number of nitrogens with zero attached hydrogens (tertiary/aromatic N) is 6. The summed E-state index contributed by atoms with van der Waals surface area (Å²) in [6, 6.07) is 5.87. The molecule has 0 fully saturated rings. The fourth-order valence-corrected chi connectivity index (χ4v) is 1.72. The van der Waals surface area contributed by atoms with Gasteiger partial charge in [-0.25, -0.2) is 15.0 Å². The van der Waals surface area contributed by atoms with E-state index in [-0.39, 0.29) is 0 Å².